The van der Waals surface area contributed by atoms with Crippen LogP contribution in [0.4, 0.5) is 0 Å². The lowest BCUT2D eigenvalue weighted by atomic mass is 10.1. The Morgan fingerprint density at radius 1 is 1.11 bits per heavy atom. The third-order valence-corrected chi connectivity index (χ3v) is 4.35. The van der Waals surface area contributed by atoms with Crippen LogP contribution in [0.15, 0.2) is 65.7 Å². The fourth-order valence-electron chi connectivity index (χ4n) is 2.80. The van der Waals surface area contributed by atoms with Gasteiger partial charge in [-0.25, -0.2) is 9.67 Å². The summed E-state index contributed by atoms with van der Waals surface area (Å²) < 4.78 is 6.82. The van der Waals surface area contributed by atoms with E-state index < -0.39 is 0 Å². The van der Waals surface area contributed by atoms with Crippen LogP contribution in [0.3, 0.4) is 0 Å². The van der Waals surface area contributed by atoms with Gasteiger partial charge in [0.05, 0.1) is 11.7 Å². The van der Waals surface area contributed by atoms with Gasteiger partial charge in [-0.05, 0) is 55.8 Å². The molecule has 2 heterocycles. The van der Waals surface area contributed by atoms with Gasteiger partial charge in [0, 0.05) is 11.1 Å². The zero-order valence-electron chi connectivity index (χ0n) is 15.4. The van der Waals surface area contributed by atoms with Crippen molar-refractivity contribution in [1.29, 1.82) is 0 Å². The Balaban J connectivity index is 1.42. The number of aromatic nitrogens is 5. The molecule has 0 aliphatic rings. The fourth-order valence-corrected chi connectivity index (χ4v) is 2.80. The van der Waals surface area contributed by atoms with E-state index in [-0.39, 0.29) is 11.9 Å². The Kier molecular flexibility index (Phi) is 4.67. The van der Waals surface area contributed by atoms with E-state index in [2.05, 4.69) is 25.5 Å². The Morgan fingerprint density at radius 2 is 1.86 bits per heavy atom. The van der Waals surface area contributed by atoms with Crippen molar-refractivity contribution < 1.29 is 9.32 Å². The molecule has 1 atom stereocenters. The molecule has 28 heavy (non-hydrogen) atoms. The SMILES string of the molecule is Cc1noc(-c2ccc(C(=O)NC(C)c3ccc(-n4cncn4)cc3)cc2)n1. The first-order valence-corrected chi connectivity index (χ1v) is 8.77. The van der Waals surface area contributed by atoms with E-state index in [0.717, 1.165) is 16.8 Å². The molecule has 0 saturated carbocycles. The fraction of sp³-hybridized carbons (Fsp3) is 0.150. The summed E-state index contributed by atoms with van der Waals surface area (Å²) in [5.74, 6) is 0.854. The zero-order valence-corrected chi connectivity index (χ0v) is 15.4. The van der Waals surface area contributed by atoms with E-state index in [1.807, 2.05) is 31.2 Å². The van der Waals surface area contributed by atoms with Gasteiger partial charge in [0.2, 0.25) is 0 Å². The Hall–Kier alpha value is -3.81. The monoisotopic (exact) mass is 374 g/mol. The van der Waals surface area contributed by atoms with Crippen molar-refractivity contribution in [3.05, 3.63) is 78.1 Å². The second kappa shape index (κ2) is 7.43. The van der Waals surface area contributed by atoms with Crippen molar-refractivity contribution in [1.82, 2.24) is 30.2 Å². The minimum Gasteiger partial charge on any atom is -0.346 e. The van der Waals surface area contributed by atoms with Gasteiger partial charge in [0.1, 0.15) is 12.7 Å². The third-order valence-electron chi connectivity index (χ3n) is 4.35. The summed E-state index contributed by atoms with van der Waals surface area (Å²) in [6.07, 6.45) is 3.13. The molecular formula is C20H18N6O2. The molecule has 0 aliphatic carbocycles. The Labute approximate surface area is 161 Å². The second-order valence-electron chi connectivity index (χ2n) is 6.35. The summed E-state index contributed by atoms with van der Waals surface area (Å²) in [6.45, 7) is 3.70. The van der Waals surface area contributed by atoms with Crippen LogP contribution < -0.4 is 5.32 Å². The van der Waals surface area contributed by atoms with Crippen LogP contribution in [0.5, 0.6) is 0 Å². The van der Waals surface area contributed by atoms with Gasteiger partial charge < -0.3 is 9.84 Å². The molecule has 1 amide bonds. The molecule has 1 unspecified atom stereocenters. The maximum Gasteiger partial charge on any atom is 0.257 e. The molecule has 8 heteroatoms. The molecule has 0 spiro atoms. The maximum absolute atomic E-state index is 12.5. The average molecular weight is 374 g/mol. The summed E-state index contributed by atoms with van der Waals surface area (Å²) in [5.41, 5.74) is 3.24. The van der Waals surface area contributed by atoms with Crippen LogP contribution in [0, 0.1) is 6.92 Å². The summed E-state index contributed by atoms with van der Waals surface area (Å²) in [6, 6.07) is 14.7. The predicted octanol–water partition coefficient (Wildman–Crippen LogP) is 3.12. The third kappa shape index (κ3) is 3.66. The summed E-state index contributed by atoms with van der Waals surface area (Å²) in [5, 5.41) is 10.9. The predicted molar refractivity (Wildman–Crippen MR) is 102 cm³/mol. The molecule has 0 fully saturated rings. The maximum atomic E-state index is 12.5. The second-order valence-corrected chi connectivity index (χ2v) is 6.35. The standard InChI is InChI=1S/C20H18N6O2/c1-13(15-7-9-18(10-8-15)26-12-21-11-22-26)23-19(27)16-3-5-17(6-4-16)20-24-14(2)25-28-20/h3-13H,1-2H3,(H,23,27). The lowest BCUT2D eigenvalue weighted by Gasteiger charge is -2.15. The number of aryl methyl sites for hydroxylation is 1. The minimum atomic E-state index is -0.152. The molecule has 4 rings (SSSR count). The van der Waals surface area contributed by atoms with Crippen molar-refractivity contribution in [2.24, 2.45) is 0 Å². The van der Waals surface area contributed by atoms with Gasteiger partial charge >= 0.3 is 0 Å². The average Bonchev–Trinajstić information content (AvgIpc) is 3.40. The van der Waals surface area contributed by atoms with E-state index in [1.165, 1.54) is 6.33 Å². The van der Waals surface area contributed by atoms with E-state index >= 15 is 0 Å². The number of nitrogens with one attached hydrogen (secondary N) is 1. The first-order chi connectivity index (χ1) is 13.6. The smallest absolute Gasteiger partial charge is 0.257 e. The van der Waals surface area contributed by atoms with Crippen molar-refractivity contribution in [2.75, 3.05) is 0 Å². The van der Waals surface area contributed by atoms with Crippen molar-refractivity contribution in [3.8, 4) is 17.1 Å². The molecular weight excluding hydrogens is 356 g/mol. The van der Waals surface area contributed by atoms with Crippen molar-refractivity contribution in [3.63, 3.8) is 0 Å². The lowest BCUT2D eigenvalue weighted by Crippen LogP contribution is -2.26. The number of carbonyl (C=O) groups is 1. The van der Waals surface area contributed by atoms with Gasteiger partial charge in [-0.1, -0.05) is 17.3 Å². The van der Waals surface area contributed by atoms with E-state index in [9.17, 15) is 4.79 Å². The molecule has 0 saturated heterocycles. The molecule has 0 bridgehead atoms. The van der Waals surface area contributed by atoms with Gasteiger partial charge in [0.15, 0.2) is 5.82 Å². The van der Waals surface area contributed by atoms with Crippen molar-refractivity contribution >= 4 is 5.91 Å². The molecule has 0 aliphatic heterocycles. The van der Waals surface area contributed by atoms with Crippen LogP contribution in [-0.2, 0) is 0 Å². The molecule has 1 N–H and O–H groups in total. The van der Waals surface area contributed by atoms with Crippen LogP contribution >= 0.6 is 0 Å². The number of hydrogen-bond acceptors (Lipinski definition) is 6. The topological polar surface area (TPSA) is 98.7 Å². The number of rotatable bonds is 5. The summed E-state index contributed by atoms with van der Waals surface area (Å²) in [4.78, 5) is 20.7. The highest BCUT2D eigenvalue weighted by molar-refractivity contribution is 5.94. The first-order valence-electron chi connectivity index (χ1n) is 8.77. The zero-order chi connectivity index (χ0) is 19.5. The highest BCUT2D eigenvalue weighted by Gasteiger charge is 2.13. The summed E-state index contributed by atoms with van der Waals surface area (Å²) >= 11 is 0. The Bertz CT molecular complexity index is 1070. The Morgan fingerprint density at radius 3 is 2.46 bits per heavy atom. The first kappa shape index (κ1) is 17.6. The van der Waals surface area contributed by atoms with E-state index in [0.29, 0.717) is 17.3 Å². The number of nitrogens with zero attached hydrogens (tertiary/aromatic N) is 5. The van der Waals surface area contributed by atoms with Gasteiger partial charge in [-0.15, -0.1) is 0 Å². The molecule has 140 valence electrons. The number of carbonyl (C=O) groups excluding carboxylic acids is 1. The van der Waals surface area contributed by atoms with Crippen LogP contribution in [0.1, 0.15) is 34.7 Å². The molecule has 4 aromatic rings. The quantitative estimate of drug-likeness (QED) is 0.576. The largest absolute Gasteiger partial charge is 0.346 e. The van der Waals surface area contributed by atoms with Crippen LogP contribution in [0.2, 0.25) is 0 Å². The number of benzene rings is 2. The van der Waals surface area contributed by atoms with Crippen LogP contribution in [0.25, 0.3) is 17.1 Å². The molecule has 8 nitrogen and oxygen atoms in total. The number of amides is 1. The van der Waals surface area contributed by atoms with E-state index in [4.69, 9.17) is 4.52 Å². The molecule has 2 aromatic heterocycles. The van der Waals surface area contributed by atoms with Crippen LogP contribution in [-0.4, -0.2) is 30.8 Å². The normalized spacial score (nSPS) is 11.9. The minimum absolute atomic E-state index is 0.143. The lowest BCUT2D eigenvalue weighted by molar-refractivity contribution is 0.0940. The summed E-state index contributed by atoms with van der Waals surface area (Å²) in [7, 11) is 0. The highest BCUT2D eigenvalue weighted by atomic mass is 16.5. The van der Waals surface area contributed by atoms with Gasteiger partial charge in [-0.3, -0.25) is 4.79 Å². The number of hydrogen-bond donors (Lipinski definition) is 1. The van der Waals surface area contributed by atoms with Gasteiger partial charge in [0.25, 0.3) is 11.8 Å². The van der Waals surface area contributed by atoms with Gasteiger partial charge in [-0.2, -0.15) is 10.1 Å². The molecule has 2 aromatic carbocycles. The molecule has 0 radical (unpaired) electrons. The van der Waals surface area contributed by atoms with E-state index in [1.54, 1.807) is 42.2 Å². The van der Waals surface area contributed by atoms with Crippen molar-refractivity contribution in [2.45, 2.75) is 19.9 Å². The highest BCUT2D eigenvalue weighted by Crippen LogP contribution is 2.19.